The fraction of sp³-hybridized carbons (Fsp3) is 0.750. The maximum atomic E-state index is 11.6. The lowest BCUT2D eigenvalue weighted by atomic mass is 10.3. The fourth-order valence-electron chi connectivity index (χ4n) is 1.25. The Hall–Kier alpha value is -0.750. The highest BCUT2D eigenvalue weighted by Gasteiger charge is 2.24. The topological polar surface area (TPSA) is 83.6 Å². The Balaban J connectivity index is 2.48. The SMILES string of the molecule is NC1CSCCN(CCC(=O)O)C1=O. The average molecular weight is 218 g/mol. The van der Waals surface area contributed by atoms with E-state index in [0.29, 0.717) is 12.3 Å². The molecule has 1 aliphatic heterocycles. The van der Waals surface area contributed by atoms with E-state index in [2.05, 4.69) is 0 Å². The van der Waals surface area contributed by atoms with Gasteiger partial charge in [-0.2, -0.15) is 11.8 Å². The number of nitrogens with zero attached hydrogens (tertiary/aromatic N) is 1. The van der Waals surface area contributed by atoms with E-state index < -0.39 is 12.0 Å². The van der Waals surface area contributed by atoms with Crippen LogP contribution < -0.4 is 5.73 Å². The molecule has 80 valence electrons. The van der Waals surface area contributed by atoms with Crippen molar-refractivity contribution >= 4 is 23.6 Å². The van der Waals surface area contributed by atoms with E-state index >= 15 is 0 Å². The second kappa shape index (κ2) is 5.21. The molecule has 1 rings (SSSR count). The van der Waals surface area contributed by atoms with Crippen LogP contribution in [0.5, 0.6) is 0 Å². The lowest BCUT2D eigenvalue weighted by molar-refractivity contribution is -0.138. The Bertz CT molecular complexity index is 235. The molecule has 1 heterocycles. The maximum absolute atomic E-state index is 11.6. The number of hydrogen-bond donors (Lipinski definition) is 2. The summed E-state index contributed by atoms with van der Waals surface area (Å²) in [6.45, 7) is 0.868. The predicted molar refractivity (Wildman–Crippen MR) is 54.1 cm³/mol. The molecule has 1 saturated heterocycles. The molecule has 6 heteroatoms. The summed E-state index contributed by atoms with van der Waals surface area (Å²) < 4.78 is 0. The number of nitrogens with two attached hydrogens (primary N) is 1. The zero-order chi connectivity index (χ0) is 10.6. The van der Waals surface area contributed by atoms with Crippen molar-refractivity contribution in [2.24, 2.45) is 5.73 Å². The summed E-state index contributed by atoms with van der Waals surface area (Å²) in [5, 5.41) is 8.49. The molecular formula is C8H14N2O3S. The van der Waals surface area contributed by atoms with Crippen LogP contribution in [0.1, 0.15) is 6.42 Å². The number of carboxylic acid groups (broad SMARTS) is 1. The largest absolute Gasteiger partial charge is 0.481 e. The Morgan fingerprint density at radius 2 is 2.43 bits per heavy atom. The normalized spacial score (nSPS) is 23.4. The van der Waals surface area contributed by atoms with Gasteiger partial charge in [0, 0.05) is 24.6 Å². The summed E-state index contributed by atoms with van der Waals surface area (Å²) in [6, 6.07) is -0.476. The van der Waals surface area contributed by atoms with Crippen LogP contribution in [-0.4, -0.2) is 52.5 Å². The molecule has 0 aromatic rings. The maximum Gasteiger partial charge on any atom is 0.305 e. The number of amides is 1. The van der Waals surface area contributed by atoms with E-state index in [-0.39, 0.29) is 18.9 Å². The lowest BCUT2D eigenvalue weighted by Crippen LogP contribution is -2.44. The highest BCUT2D eigenvalue weighted by molar-refractivity contribution is 7.99. The van der Waals surface area contributed by atoms with Crippen molar-refractivity contribution in [1.29, 1.82) is 0 Å². The minimum Gasteiger partial charge on any atom is -0.481 e. The summed E-state index contributed by atoms with van der Waals surface area (Å²) in [5.41, 5.74) is 5.62. The molecule has 1 fully saturated rings. The monoisotopic (exact) mass is 218 g/mol. The Labute approximate surface area is 86.6 Å². The molecule has 0 aliphatic carbocycles. The van der Waals surface area contributed by atoms with E-state index in [1.165, 1.54) is 0 Å². The molecule has 0 spiro atoms. The van der Waals surface area contributed by atoms with Crippen LogP contribution in [0.2, 0.25) is 0 Å². The van der Waals surface area contributed by atoms with Gasteiger partial charge in [0.1, 0.15) is 0 Å². The molecule has 0 aromatic heterocycles. The molecule has 0 saturated carbocycles. The summed E-state index contributed by atoms with van der Waals surface area (Å²) in [5.74, 6) is 0.445. The molecule has 1 amide bonds. The molecule has 5 nitrogen and oxygen atoms in total. The van der Waals surface area contributed by atoms with Gasteiger partial charge < -0.3 is 15.7 Å². The van der Waals surface area contributed by atoms with Gasteiger partial charge in [0.25, 0.3) is 0 Å². The van der Waals surface area contributed by atoms with E-state index in [4.69, 9.17) is 10.8 Å². The minimum absolute atomic E-state index is 0.0108. The zero-order valence-corrected chi connectivity index (χ0v) is 8.63. The summed E-state index contributed by atoms with van der Waals surface area (Å²) in [7, 11) is 0. The second-order valence-corrected chi connectivity index (χ2v) is 4.30. The molecule has 0 aromatic carbocycles. The molecule has 1 aliphatic rings. The number of carbonyl (C=O) groups is 2. The first-order chi connectivity index (χ1) is 6.61. The Morgan fingerprint density at radius 1 is 1.71 bits per heavy atom. The molecule has 1 unspecified atom stereocenters. The highest BCUT2D eigenvalue weighted by atomic mass is 32.2. The van der Waals surface area contributed by atoms with Crippen molar-refractivity contribution in [3.8, 4) is 0 Å². The van der Waals surface area contributed by atoms with E-state index in [9.17, 15) is 9.59 Å². The smallest absolute Gasteiger partial charge is 0.305 e. The van der Waals surface area contributed by atoms with Gasteiger partial charge in [0.2, 0.25) is 5.91 Å². The summed E-state index contributed by atoms with van der Waals surface area (Å²) in [4.78, 5) is 23.4. The predicted octanol–water partition coefficient (Wildman–Crippen LogP) is -0.636. The van der Waals surface area contributed by atoms with Crippen LogP contribution in [0, 0.1) is 0 Å². The summed E-state index contributed by atoms with van der Waals surface area (Å²) >= 11 is 1.63. The van der Waals surface area contributed by atoms with Gasteiger partial charge in [0.05, 0.1) is 12.5 Å². The number of rotatable bonds is 3. The number of aliphatic carboxylic acids is 1. The van der Waals surface area contributed by atoms with Crippen molar-refractivity contribution in [2.75, 3.05) is 24.6 Å². The van der Waals surface area contributed by atoms with Gasteiger partial charge in [-0.1, -0.05) is 0 Å². The third kappa shape index (κ3) is 3.19. The second-order valence-electron chi connectivity index (χ2n) is 3.15. The van der Waals surface area contributed by atoms with Crippen molar-refractivity contribution in [3.05, 3.63) is 0 Å². The van der Waals surface area contributed by atoms with Gasteiger partial charge in [0.15, 0.2) is 0 Å². The first kappa shape index (κ1) is 11.3. The minimum atomic E-state index is -0.886. The Kier molecular flexibility index (Phi) is 4.21. The van der Waals surface area contributed by atoms with Crippen LogP contribution >= 0.6 is 11.8 Å². The zero-order valence-electron chi connectivity index (χ0n) is 7.81. The van der Waals surface area contributed by atoms with Gasteiger partial charge in [-0.05, 0) is 0 Å². The standard InChI is InChI=1S/C8H14N2O3S/c9-6-5-14-4-3-10(8(6)13)2-1-7(11)12/h6H,1-5,9H2,(H,11,12). The molecule has 1 atom stereocenters. The number of carbonyl (C=O) groups excluding carboxylic acids is 1. The van der Waals surface area contributed by atoms with Gasteiger partial charge in [-0.25, -0.2) is 0 Å². The van der Waals surface area contributed by atoms with Gasteiger partial charge in [-0.3, -0.25) is 9.59 Å². The van der Waals surface area contributed by atoms with E-state index in [0.717, 1.165) is 5.75 Å². The van der Waals surface area contributed by atoms with Crippen molar-refractivity contribution in [3.63, 3.8) is 0 Å². The number of carboxylic acids is 1. The lowest BCUT2D eigenvalue weighted by Gasteiger charge is -2.21. The van der Waals surface area contributed by atoms with Crippen LogP contribution in [0.15, 0.2) is 0 Å². The van der Waals surface area contributed by atoms with Crippen LogP contribution in [-0.2, 0) is 9.59 Å². The third-order valence-electron chi connectivity index (χ3n) is 2.03. The van der Waals surface area contributed by atoms with Crippen LogP contribution in [0.25, 0.3) is 0 Å². The molecule has 3 N–H and O–H groups in total. The first-order valence-corrected chi connectivity index (χ1v) is 5.60. The summed E-state index contributed by atoms with van der Waals surface area (Å²) in [6.07, 6.45) is -0.0108. The quantitative estimate of drug-likeness (QED) is 0.658. The van der Waals surface area contributed by atoms with Crippen LogP contribution in [0.4, 0.5) is 0 Å². The van der Waals surface area contributed by atoms with E-state index in [1.54, 1.807) is 16.7 Å². The molecule has 14 heavy (non-hydrogen) atoms. The third-order valence-corrected chi connectivity index (χ3v) is 3.09. The van der Waals surface area contributed by atoms with E-state index in [1.807, 2.05) is 0 Å². The van der Waals surface area contributed by atoms with Gasteiger partial charge >= 0.3 is 5.97 Å². The molecule has 0 bridgehead atoms. The molecule has 0 radical (unpaired) electrons. The van der Waals surface area contributed by atoms with Gasteiger partial charge in [-0.15, -0.1) is 0 Å². The highest BCUT2D eigenvalue weighted by Crippen LogP contribution is 2.10. The fourth-order valence-corrected chi connectivity index (χ4v) is 2.17. The first-order valence-electron chi connectivity index (χ1n) is 4.45. The number of thioether (sulfide) groups is 1. The number of hydrogen-bond acceptors (Lipinski definition) is 4. The van der Waals surface area contributed by atoms with Crippen molar-refractivity contribution in [2.45, 2.75) is 12.5 Å². The van der Waals surface area contributed by atoms with Crippen molar-refractivity contribution < 1.29 is 14.7 Å². The van der Waals surface area contributed by atoms with Crippen LogP contribution in [0.3, 0.4) is 0 Å². The molecular weight excluding hydrogens is 204 g/mol. The van der Waals surface area contributed by atoms with Crippen molar-refractivity contribution in [1.82, 2.24) is 4.90 Å². The average Bonchev–Trinajstić information content (AvgIpc) is 2.28. The Morgan fingerprint density at radius 3 is 3.07 bits per heavy atom.